The SMILES string of the molecule is COc1cccc(F)c1C(C)NCC(C)(C)O. The first kappa shape index (κ1) is 13.9. The molecule has 17 heavy (non-hydrogen) atoms. The molecule has 0 saturated carbocycles. The van der Waals surface area contributed by atoms with E-state index in [0.717, 1.165) is 0 Å². The predicted octanol–water partition coefficient (Wildman–Crippen LogP) is 2.26. The number of ether oxygens (including phenoxy) is 1. The second-order valence-corrected chi connectivity index (χ2v) is 4.77. The molecule has 0 amide bonds. The monoisotopic (exact) mass is 241 g/mol. The Kier molecular flexibility index (Phi) is 4.48. The molecule has 4 heteroatoms. The molecule has 0 spiro atoms. The van der Waals surface area contributed by atoms with E-state index in [1.165, 1.54) is 13.2 Å². The molecule has 0 saturated heterocycles. The van der Waals surface area contributed by atoms with Crippen molar-refractivity contribution in [2.24, 2.45) is 0 Å². The van der Waals surface area contributed by atoms with Crippen molar-refractivity contribution >= 4 is 0 Å². The Balaban J connectivity index is 2.84. The van der Waals surface area contributed by atoms with Crippen LogP contribution < -0.4 is 10.1 Å². The van der Waals surface area contributed by atoms with Gasteiger partial charge in [0.25, 0.3) is 0 Å². The Morgan fingerprint density at radius 3 is 2.65 bits per heavy atom. The summed E-state index contributed by atoms with van der Waals surface area (Å²) in [5, 5.41) is 12.7. The molecule has 0 heterocycles. The fourth-order valence-electron chi connectivity index (χ4n) is 1.62. The molecule has 0 aliphatic carbocycles. The Bertz CT molecular complexity index is 374. The summed E-state index contributed by atoms with van der Waals surface area (Å²) in [7, 11) is 1.51. The van der Waals surface area contributed by atoms with Gasteiger partial charge in [-0.1, -0.05) is 6.07 Å². The quantitative estimate of drug-likeness (QED) is 0.830. The fourth-order valence-corrected chi connectivity index (χ4v) is 1.62. The molecule has 2 N–H and O–H groups in total. The van der Waals surface area contributed by atoms with Gasteiger partial charge >= 0.3 is 0 Å². The zero-order valence-electron chi connectivity index (χ0n) is 10.7. The van der Waals surface area contributed by atoms with Gasteiger partial charge < -0.3 is 15.2 Å². The Labute approximate surface area is 102 Å². The van der Waals surface area contributed by atoms with Crippen LogP contribution >= 0.6 is 0 Å². The Morgan fingerprint density at radius 1 is 1.47 bits per heavy atom. The molecular weight excluding hydrogens is 221 g/mol. The summed E-state index contributed by atoms with van der Waals surface area (Å²) >= 11 is 0. The van der Waals surface area contributed by atoms with Crippen molar-refractivity contribution in [2.45, 2.75) is 32.4 Å². The van der Waals surface area contributed by atoms with Crippen LogP contribution in [0.2, 0.25) is 0 Å². The average molecular weight is 241 g/mol. The molecule has 1 rings (SSSR count). The molecule has 0 aliphatic rings. The molecule has 3 nitrogen and oxygen atoms in total. The van der Waals surface area contributed by atoms with Crippen molar-refractivity contribution in [1.82, 2.24) is 5.32 Å². The molecule has 0 fully saturated rings. The number of rotatable bonds is 5. The summed E-state index contributed by atoms with van der Waals surface area (Å²) in [5.41, 5.74) is -0.341. The normalized spacial score (nSPS) is 13.5. The van der Waals surface area contributed by atoms with E-state index in [0.29, 0.717) is 17.9 Å². The molecule has 1 unspecified atom stereocenters. The number of hydrogen-bond donors (Lipinski definition) is 2. The van der Waals surface area contributed by atoms with Gasteiger partial charge in [0, 0.05) is 18.2 Å². The van der Waals surface area contributed by atoms with E-state index in [1.807, 2.05) is 6.92 Å². The van der Waals surface area contributed by atoms with E-state index in [-0.39, 0.29) is 11.9 Å². The van der Waals surface area contributed by atoms with Gasteiger partial charge in [0.05, 0.1) is 12.7 Å². The maximum Gasteiger partial charge on any atom is 0.131 e. The van der Waals surface area contributed by atoms with Crippen LogP contribution in [0.5, 0.6) is 5.75 Å². The summed E-state index contributed by atoms with van der Waals surface area (Å²) in [4.78, 5) is 0. The van der Waals surface area contributed by atoms with E-state index in [4.69, 9.17) is 4.74 Å². The van der Waals surface area contributed by atoms with Crippen LogP contribution in [0.25, 0.3) is 0 Å². The first-order chi connectivity index (χ1) is 7.85. The number of nitrogens with one attached hydrogen (secondary N) is 1. The van der Waals surface area contributed by atoms with Crippen LogP contribution in [-0.2, 0) is 0 Å². The molecular formula is C13H20FNO2. The minimum absolute atomic E-state index is 0.224. The summed E-state index contributed by atoms with van der Waals surface area (Å²) in [5.74, 6) is 0.209. The average Bonchev–Trinajstić information content (AvgIpc) is 2.24. The molecule has 1 atom stereocenters. The lowest BCUT2D eigenvalue weighted by Crippen LogP contribution is -2.36. The van der Waals surface area contributed by atoms with Crippen LogP contribution in [0.4, 0.5) is 4.39 Å². The van der Waals surface area contributed by atoms with Crippen molar-refractivity contribution in [1.29, 1.82) is 0 Å². The molecule has 0 aromatic heterocycles. The van der Waals surface area contributed by atoms with E-state index in [2.05, 4.69) is 5.32 Å². The predicted molar refractivity (Wildman–Crippen MR) is 65.7 cm³/mol. The highest BCUT2D eigenvalue weighted by molar-refractivity contribution is 5.36. The van der Waals surface area contributed by atoms with Crippen LogP contribution in [0, 0.1) is 5.82 Å². The number of halogens is 1. The fraction of sp³-hybridized carbons (Fsp3) is 0.538. The zero-order valence-corrected chi connectivity index (χ0v) is 10.7. The third-order valence-corrected chi connectivity index (χ3v) is 2.51. The van der Waals surface area contributed by atoms with Gasteiger partial charge in [-0.3, -0.25) is 0 Å². The Hall–Kier alpha value is -1.13. The zero-order chi connectivity index (χ0) is 13.1. The third-order valence-electron chi connectivity index (χ3n) is 2.51. The van der Waals surface area contributed by atoms with Gasteiger partial charge in [-0.15, -0.1) is 0 Å². The highest BCUT2D eigenvalue weighted by atomic mass is 19.1. The molecule has 1 aromatic carbocycles. The van der Waals surface area contributed by atoms with Gasteiger partial charge in [0.2, 0.25) is 0 Å². The van der Waals surface area contributed by atoms with Crippen LogP contribution in [0.15, 0.2) is 18.2 Å². The summed E-state index contributed by atoms with van der Waals surface area (Å²) in [6.07, 6.45) is 0. The lowest BCUT2D eigenvalue weighted by Gasteiger charge is -2.23. The maximum atomic E-state index is 13.7. The highest BCUT2D eigenvalue weighted by Crippen LogP contribution is 2.27. The van der Waals surface area contributed by atoms with E-state index >= 15 is 0 Å². The first-order valence-electron chi connectivity index (χ1n) is 5.63. The smallest absolute Gasteiger partial charge is 0.131 e. The van der Waals surface area contributed by atoms with Crippen LogP contribution in [-0.4, -0.2) is 24.4 Å². The lowest BCUT2D eigenvalue weighted by molar-refractivity contribution is 0.0768. The highest BCUT2D eigenvalue weighted by Gasteiger charge is 2.19. The topological polar surface area (TPSA) is 41.5 Å². The van der Waals surface area contributed by atoms with E-state index in [9.17, 15) is 9.50 Å². The Morgan fingerprint density at radius 2 is 2.12 bits per heavy atom. The molecule has 0 bridgehead atoms. The molecule has 0 aliphatic heterocycles. The number of hydrogen-bond acceptors (Lipinski definition) is 3. The maximum absolute atomic E-state index is 13.7. The summed E-state index contributed by atoms with van der Waals surface area (Å²) < 4.78 is 18.9. The molecule has 96 valence electrons. The lowest BCUT2D eigenvalue weighted by atomic mass is 10.0. The summed E-state index contributed by atoms with van der Waals surface area (Å²) in [6, 6.07) is 4.51. The van der Waals surface area contributed by atoms with Crippen molar-refractivity contribution in [3.63, 3.8) is 0 Å². The molecule has 0 radical (unpaired) electrons. The van der Waals surface area contributed by atoms with Crippen molar-refractivity contribution in [3.05, 3.63) is 29.6 Å². The minimum Gasteiger partial charge on any atom is -0.496 e. The van der Waals surface area contributed by atoms with Crippen molar-refractivity contribution in [2.75, 3.05) is 13.7 Å². The van der Waals surface area contributed by atoms with E-state index < -0.39 is 5.60 Å². The van der Waals surface area contributed by atoms with Crippen molar-refractivity contribution < 1.29 is 14.2 Å². The minimum atomic E-state index is -0.827. The largest absolute Gasteiger partial charge is 0.496 e. The van der Waals surface area contributed by atoms with Crippen molar-refractivity contribution in [3.8, 4) is 5.75 Å². The summed E-state index contributed by atoms with van der Waals surface area (Å²) in [6.45, 7) is 5.62. The standard InChI is InChI=1S/C13H20FNO2/c1-9(15-8-13(2,3)16)12-10(14)6-5-7-11(12)17-4/h5-7,9,15-16H,8H2,1-4H3. The third kappa shape index (κ3) is 3.98. The van der Waals surface area contributed by atoms with Gasteiger partial charge in [-0.05, 0) is 32.9 Å². The first-order valence-corrected chi connectivity index (χ1v) is 5.63. The van der Waals surface area contributed by atoms with Gasteiger partial charge in [0.15, 0.2) is 0 Å². The van der Waals surface area contributed by atoms with Gasteiger partial charge in [-0.2, -0.15) is 0 Å². The van der Waals surface area contributed by atoms with E-state index in [1.54, 1.807) is 26.0 Å². The molecule has 1 aromatic rings. The second kappa shape index (κ2) is 5.47. The van der Waals surface area contributed by atoms with Gasteiger partial charge in [0.1, 0.15) is 11.6 Å². The van der Waals surface area contributed by atoms with Crippen LogP contribution in [0.1, 0.15) is 32.4 Å². The number of aliphatic hydroxyl groups is 1. The van der Waals surface area contributed by atoms with Gasteiger partial charge in [-0.25, -0.2) is 4.39 Å². The van der Waals surface area contributed by atoms with Crippen LogP contribution in [0.3, 0.4) is 0 Å². The second-order valence-electron chi connectivity index (χ2n) is 4.77. The number of benzene rings is 1. The number of methoxy groups -OCH3 is 1.